The van der Waals surface area contributed by atoms with Gasteiger partial charge in [0.05, 0.1) is 0 Å². The Hall–Kier alpha value is 0. The van der Waals surface area contributed by atoms with Crippen molar-refractivity contribution in [1.82, 2.24) is 0 Å². The molecule has 0 N–H and O–H groups in total. The molecule has 3 aliphatic rings. The van der Waals surface area contributed by atoms with E-state index in [-0.39, 0.29) is 0 Å². The number of hydrogen-bond donors (Lipinski definition) is 0. The lowest BCUT2D eigenvalue weighted by Crippen LogP contribution is -2.43. The van der Waals surface area contributed by atoms with E-state index in [1.807, 2.05) is 0 Å². The molecular formula is C26H48. The molecule has 0 aromatic carbocycles. The lowest BCUT2D eigenvalue weighted by molar-refractivity contribution is -0.0153. The Kier molecular flexibility index (Phi) is 6.83. The summed E-state index contributed by atoms with van der Waals surface area (Å²) >= 11 is 0. The van der Waals surface area contributed by atoms with E-state index in [2.05, 4.69) is 34.6 Å². The molecule has 0 saturated heterocycles. The van der Waals surface area contributed by atoms with Crippen molar-refractivity contribution in [2.45, 2.75) is 125 Å². The van der Waals surface area contributed by atoms with E-state index < -0.39 is 0 Å². The van der Waals surface area contributed by atoms with Crippen molar-refractivity contribution in [2.24, 2.45) is 40.4 Å². The van der Waals surface area contributed by atoms with Crippen molar-refractivity contribution < 1.29 is 0 Å². The molecule has 26 heavy (non-hydrogen) atoms. The van der Waals surface area contributed by atoms with Crippen molar-refractivity contribution in [2.75, 3.05) is 0 Å². The Labute approximate surface area is 165 Å². The van der Waals surface area contributed by atoms with E-state index in [1.165, 1.54) is 77.0 Å². The Balaban J connectivity index is 1.36. The van der Waals surface area contributed by atoms with Gasteiger partial charge in [0.2, 0.25) is 0 Å². The Bertz CT molecular complexity index is 431. The summed E-state index contributed by atoms with van der Waals surface area (Å²) < 4.78 is 0. The molecule has 0 aromatic heterocycles. The Morgan fingerprint density at radius 1 is 0.846 bits per heavy atom. The topological polar surface area (TPSA) is 0 Å². The zero-order valence-electron chi connectivity index (χ0n) is 18.8. The summed E-state index contributed by atoms with van der Waals surface area (Å²) in [5.41, 5.74) is 1.49. The largest absolute Gasteiger partial charge is 0.0654 e. The minimum Gasteiger partial charge on any atom is -0.0654 e. The molecule has 0 aromatic rings. The van der Waals surface area contributed by atoms with Gasteiger partial charge in [-0.15, -0.1) is 0 Å². The monoisotopic (exact) mass is 360 g/mol. The Morgan fingerprint density at radius 2 is 1.38 bits per heavy atom. The number of unbranched alkanes of at least 4 members (excludes halogenated alkanes) is 9. The summed E-state index contributed by atoms with van der Waals surface area (Å²) in [6, 6.07) is 0. The molecule has 3 saturated carbocycles. The van der Waals surface area contributed by atoms with Gasteiger partial charge >= 0.3 is 0 Å². The fraction of sp³-hybridized carbons (Fsp3) is 1.00. The second-order valence-corrected chi connectivity index (χ2v) is 11.4. The van der Waals surface area contributed by atoms with Crippen LogP contribution in [0.4, 0.5) is 0 Å². The smallest absolute Gasteiger partial charge is 0.0230 e. The van der Waals surface area contributed by atoms with Crippen LogP contribution < -0.4 is 0 Å². The molecule has 0 heterocycles. The van der Waals surface area contributed by atoms with Gasteiger partial charge in [-0.2, -0.15) is 0 Å². The van der Waals surface area contributed by atoms with Crippen molar-refractivity contribution in [3.05, 3.63) is 0 Å². The summed E-state index contributed by atoms with van der Waals surface area (Å²) in [6.07, 6.45) is 20.9. The minimum atomic E-state index is 0.738. The maximum absolute atomic E-state index is 2.63. The number of hydrogen-bond acceptors (Lipinski definition) is 0. The van der Waals surface area contributed by atoms with Gasteiger partial charge in [0, 0.05) is 0 Å². The fourth-order valence-electron chi connectivity index (χ4n) is 7.09. The summed E-state index contributed by atoms with van der Waals surface area (Å²) in [7, 11) is 0. The second-order valence-electron chi connectivity index (χ2n) is 11.4. The summed E-state index contributed by atoms with van der Waals surface area (Å²) in [5, 5.41) is 0. The quantitative estimate of drug-likeness (QED) is 0.272. The zero-order valence-corrected chi connectivity index (χ0v) is 18.8. The minimum absolute atomic E-state index is 0.738. The van der Waals surface area contributed by atoms with Gasteiger partial charge in [-0.25, -0.2) is 0 Å². The fourth-order valence-corrected chi connectivity index (χ4v) is 7.09. The SMILES string of the molecule is CCCCCCCCCCCCC1(CC2(C)CC2)C(C)C2C(C(C)C)C21. The average Bonchev–Trinajstić information content (AvgIpc) is 3.50. The maximum atomic E-state index is 2.63. The zero-order chi connectivity index (χ0) is 18.8. The molecule has 0 aliphatic heterocycles. The third-order valence-corrected chi connectivity index (χ3v) is 8.91. The molecule has 3 fully saturated rings. The van der Waals surface area contributed by atoms with Crippen LogP contribution in [0.1, 0.15) is 125 Å². The molecule has 0 amide bonds. The third-order valence-electron chi connectivity index (χ3n) is 8.91. The Morgan fingerprint density at radius 3 is 1.85 bits per heavy atom. The van der Waals surface area contributed by atoms with Crippen molar-refractivity contribution in [1.29, 1.82) is 0 Å². The van der Waals surface area contributed by atoms with Crippen LogP contribution in [0.5, 0.6) is 0 Å². The van der Waals surface area contributed by atoms with E-state index in [0.29, 0.717) is 0 Å². The van der Waals surface area contributed by atoms with E-state index in [9.17, 15) is 0 Å². The van der Waals surface area contributed by atoms with Gasteiger partial charge in [-0.05, 0) is 66.1 Å². The standard InChI is InChI=1S/C26H48/c1-6-7-8-9-10-11-12-13-14-15-16-26(19-25(5)17-18-25)21(4)23-22(20(2)3)24(23)26/h20-24H,6-19H2,1-5H3. The van der Waals surface area contributed by atoms with Gasteiger partial charge in [-0.1, -0.05) is 98.8 Å². The molecule has 5 atom stereocenters. The van der Waals surface area contributed by atoms with Crippen LogP contribution in [0.2, 0.25) is 0 Å². The lowest BCUT2D eigenvalue weighted by Gasteiger charge is -2.50. The van der Waals surface area contributed by atoms with Gasteiger partial charge < -0.3 is 0 Å². The summed E-state index contributed by atoms with van der Waals surface area (Å²) in [6.45, 7) is 12.5. The first-order valence-corrected chi connectivity index (χ1v) is 12.5. The first-order chi connectivity index (χ1) is 12.5. The van der Waals surface area contributed by atoms with Crippen LogP contribution in [0.25, 0.3) is 0 Å². The van der Waals surface area contributed by atoms with E-state index in [0.717, 1.165) is 40.4 Å². The molecule has 0 bridgehead atoms. The highest BCUT2D eigenvalue weighted by molar-refractivity contribution is 5.23. The van der Waals surface area contributed by atoms with E-state index >= 15 is 0 Å². The highest BCUT2D eigenvalue weighted by atomic mass is 14.8. The molecule has 152 valence electrons. The van der Waals surface area contributed by atoms with Crippen LogP contribution in [0, 0.1) is 40.4 Å². The molecular weight excluding hydrogens is 312 g/mol. The molecule has 3 rings (SSSR count). The predicted molar refractivity (Wildman–Crippen MR) is 115 cm³/mol. The molecule has 0 radical (unpaired) electrons. The number of rotatable bonds is 14. The van der Waals surface area contributed by atoms with Gasteiger partial charge in [0.15, 0.2) is 0 Å². The summed E-state index contributed by atoms with van der Waals surface area (Å²) in [4.78, 5) is 0. The van der Waals surface area contributed by atoms with Crippen LogP contribution in [-0.2, 0) is 0 Å². The normalized spacial score (nSPS) is 36.7. The molecule has 3 aliphatic carbocycles. The van der Waals surface area contributed by atoms with E-state index in [1.54, 1.807) is 12.8 Å². The van der Waals surface area contributed by atoms with Gasteiger partial charge in [0.25, 0.3) is 0 Å². The van der Waals surface area contributed by atoms with E-state index in [4.69, 9.17) is 0 Å². The van der Waals surface area contributed by atoms with Crippen molar-refractivity contribution >= 4 is 0 Å². The molecule has 0 nitrogen and oxygen atoms in total. The third kappa shape index (κ3) is 4.35. The number of fused-ring (bicyclic) bond motifs is 1. The second kappa shape index (κ2) is 8.57. The average molecular weight is 361 g/mol. The maximum Gasteiger partial charge on any atom is -0.0230 e. The van der Waals surface area contributed by atoms with Gasteiger partial charge in [0.1, 0.15) is 0 Å². The molecule has 0 heteroatoms. The van der Waals surface area contributed by atoms with Crippen molar-refractivity contribution in [3.8, 4) is 0 Å². The molecule has 0 spiro atoms. The summed E-state index contributed by atoms with van der Waals surface area (Å²) in [5.74, 6) is 5.26. The highest BCUT2D eigenvalue weighted by Gasteiger charge is 2.75. The predicted octanol–water partition coefficient (Wildman–Crippen LogP) is 8.64. The van der Waals surface area contributed by atoms with Crippen LogP contribution in [-0.4, -0.2) is 0 Å². The van der Waals surface area contributed by atoms with Crippen LogP contribution in [0.3, 0.4) is 0 Å². The van der Waals surface area contributed by atoms with Gasteiger partial charge in [-0.3, -0.25) is 0 Å². The first-order valence-electron chi connectivity index (χ1n) is 12.5. The first kappa shape index (κ1) is 20.7. The highest BCUT2D eigenvalue weighted by Crippen LogP contribution is 2.81. The van der Waals surface area contributed by atoms with Crippen molar-refractivity contribution in [3.63, 3.8) is 0 Å². The van der Waals surface area contributed by atoms with Crippen LogP contribution in [0.15, 0.2) is 0 Å². The molecule has 5 unspecified atom stereocenters. The lowest BCUT2D eigenvalue weighted by atomic mass is 9.55. The van der Waals surface area contributed by atoms with Crippen LogP contribution >= 0.6 is 0 Å².